The quantitative estimate of drug-likeness (QED) is 0.788. The van der Waals surface area contributed by atoms with Crippen LogP contribution in [0.1, 0.15) is 38.8 Å². The summed E-state index contributed by atoms with van der Waals surface area (Å²) >= 11 is 0. The van der Waals surface area contributed by atoms with Crippen LogP contribution in [0.2, 0.25) is 0 Å². The number of benzene rings is 2. The fraction of sp³-hybridized carbons (Fsp3) is 0.176. The maximum Gasteiger partial charge on any atom is 0.416 e. The van der Waals surface area contributed by atoms with E-state index in [1.54, 1.807) is 24.3 Å². The first-order chi connectivity index (χ1) is 10.3. The minimum Gasteiger partial charge on any atom is -0.294 e. The highest BCUT2D eigenvalue weighted by molar-refractivity contribution is 6.08. The van der Waals surface area contributed by atoms with Gasteiger partial charge in [-0.2, -0.15) is 13.2 Å². The van der Waals surface area contributed by atoms with Crippen molar-refractivity contribution in [2.24, 2.45) is 0 Å². The Bertz CT molecular complexity index is 701. The molecule has 0 unspecified atom stereocenters. The van der Waals surface area contributed by atoms with Crippen molar-refractivity contribution >= 4 is 11.6 Å². The molecule has 0 spiro atoms. The molecule has 2 aromatic carbocycles. The van der Waals surface area contributed by atoms with E-state index >= 15 is 0 Å². The Hall–Kier alpha value is -2.43. The number of carbonyl (C=O) groups excluding carboxylic acids is 2. The first kappa shape index (κ1) is 15.9. The lowest BCUT2D eigenvalue weighted by atomic mass is 9.96. The molecule has 0 fully saturated rings. The van der Waals surface area contributed by atoms with E-state index in [0.29, 0.717) is 11.1 Å². The standard InChI is InChI=1S/C17H13F3O2/c1-11(21)14-4-2-3-5-15(14)16(22)10-12-6-8-13(9-7-12)17(18,19)20/h2-9H,10H2,1H3. The monoisotopic (exact) mass is 306 g/mol. The van der Waals surface area contributed by atoms with Gasteiger partial charge in [-0.25, -0.2) is 0 Å². The van der Waals surface area contributed by atoms with Crippen LogP contribution < -0.4 is 0 Å². The third kappa shape index (κ3) is 3.61. The molecular weight excluding hydrogens is 293 g/mol. The van der Waals surface area contributed by atoms with Crippen molar-refractivity contribution in [2.75, 3.05) is 0 Å². The highest BCUT2D eigenvalue weighted by atomic mass is 19.4. The molecule has 5 heteroatoms. The highest BCUT2D eigenvalue weighted by Crippen LogP contribution is 2.29. The zero-order valence-electron chi connectivity index (χ0n) is 11.8. The van der Waals surface area contributed by atoms with Crippen LogP contribution in [0.25, 0.3) is 0 Å². The van der Waals surface area contributed by atoms with Crippen LogP contribution in [0.3, 0.4) is 0 Å². The van der Waals surface area contributed by atoms with Crippen LogP contribution in [0.4, 0.5) is 13.2 Å². The van der Waals surface area contributed by atoms with Gasteiger partial charge in [0.25, 0.3) is 0 Å². The lowest BCUT2D eigenvalue weighted by Crippen LogP contribution is -2.10. The van der Waals surface area contributed by atoms with Crippen LogP contribution in [-0.2, 0) is 12.6 Å². The first-order valence-electron chi connectivity index (χ1n) is 6.58. The molecule has 0 aliphatic heterocycles. The molecule has 0 aliphatic rings. The zero-order chi connectivity index (χ0) is 16.3. The summed E-state index contributed by atoms with van der Waals surface area (Å²) in [5, 5.41) is 0. The Kier molecular flexibility index (Phi) is 4.45. The van der Waals surface area contributed by atoms with E-state index in [2.05, 4.69) is 0 Å². The minimum atomic E-state index is -4.40. The number of halogens is 3. The van der Waals surface area contributed by atoms with Gasteiger partial charge in [-0.05, 0) is 24.6 Å². The van der Waals surface area contributed by atoms with Gasteiger partial charge < -0.3 is 0 Å². The predicted octanol–water partition coefficient (Wildman–Crippen LogP) is 4.33. The molecule has 0 aromatic heterocycles. The van der Waals surface area contributed by atoms with Crippen LogP contribution in [0, 0.1) is 0 Å². The van der Waals surface area contributed by atoms with Crippen LogP contribution in [-0.4, -0.2) is 11.6 Å². The molecule has 0 aliphatic carbocycles. The number of hydrogen-bond donors (Lipinski definition) is 0. The van der Waals surface area contributed by atoms with Gasteiger partial charge >= 0.3 is 6.18 Å². The molecule has 114 valence electrons. The van der Waals surface area contributed by atoms with Crippen molar-refractivity contribution in [1.82, 2.24) is 0 Å². The predicted molar refractivity (Wildman–Crippen MR) is 75.9 cm³/mol. The second-order valence-corrected chi connectivity index (χ2v) is 4.90. The Morgan fingerprint density at radius 2 is 1.45 bits per heavy atom. The number of alkyl halides is 3. The summed E-state index contributed by atoms with van der Waals surface area (Å²) in [5.74, 6) is -0.526. The summed E-state index contributed by atoms with van der Waals surface area (Å²) in [5.41, 5.74) is 0.318. The molecule has 0 radical (unpaired) electrons. The fourth-order valence-electron chi connectivity index (χ4n) is 2.13. The van der Waals surface area contributed by atoms with Gasteiger partial charge in [0, 0.05) is 17.5 Å². The SMILES string of the molecule is CC(=O)c1ccccc1C(=O)Cc1ccc(C(F)(F)F)cc1. The van der Waals surface area contributed by atoms with Crippen molar-refractivity contribution in [1.29, 1.82) is 0 Å². The average Bonchev–Trinajstić information content (AvgIpc) is 2.46. The van der Waals surface area contributed by atoms with Gasteiger partial charge in [0.15, 0.2) is 11.6 Å². The summed E-state index contributed by atoms with van der Waals surface area (Å²) in [6.45, 7) is 1.37. The molecule has 0 saturated heterocycles. The van der Waals surface area contributed by atoms with Crippen LogP contribution in [0.5, 0.6) is 0 Å². The van der Waals surface area contributed by atoms with Gasteiger partial charge in [-0.3, -0.25) is 9.59 Å². The van der Waals surface area contributed by atoms with Gasteiger partial charge in [0.05, 0.1) is 5.56 Å². The maximum atomic E-state index is 12.5. The molecule has 22 heavy (non-hydrogen) atoms. The Morgan fingerprint density at radius 1 is 0.909 bits per heavy atom. The Morgan fingerprint density at radius 3 is 1.95 bits per heavy atom. The summed E-state index contributed by atoms with van der Waals surface area (Å²) in [6.07, 6.45) is -4.45. The van der Waals surface area contributed by atoms with Crippen LogP contribution >= 0.6 is 0 Å². The van der Waals surface area contributed by atoms with Crippen molar-refractivity contribution < 1.29 is 22.8 Å². The second-order valence-electron chi connectivity index (χ2n) is 4.90. The molecule has 0 bridgehead atoms. The molecule has 2 rings (SSSR count). The largest absolute Gasteiger partial charge is 0.416 e. The van der Waals surface area contributed by atoms with Gasteiger partial charge in [-0.1, -0.05) is 36.4 Å². The van der Waals surface area contributed by atoms with Crippen molar-refractivity contribution in [3.05, 3.63) is 70.8 Å². The molecule has 0 heterocycles. The molecule has 0 N–H and O–H groups in total. The van der Waals surface area contributed by atoms with Crippen LogP contribution in [0.15, 0.2) is 48.5 Å². The number of Topliss-reactive ketones (excluding diaryl/α,β-unsaturated/α-hetero) is 2. The fourth-order valence-corrected chi connectivity index (χ4v) is 2.13. The zero-order valence-corrected chi connectivity index (χ0v) is 11.8. The molecule has 0 amide bonds. The molecule has 0 saturated carbocycles. The van der Waals surface area contributed by atoms with E-state index < -0.39 is 11.7 Å². The van der Waals surface area contributed by atoms with E-state index in [-0.39, 0.29) is 23.6 Å². The van der Waals surface area contributed by atoms with E-state index in [1.165, 1.54) is 19.1 Å². The molecule has 2 aromatic rings. The van der Waals surface area contributed by atoms with Gasteiger partial charge in [0.2, 0.25) is 0 Å². The Balaban J connectivity index is 2.21. The minimum absolute atomic E-state index is 0.0531. The first-order valence-corrected chi connectivity index (χ1v) is 6.58. The third-order valence-electron chi connectivity index (χ3n) is 3.25. The third-order valence-corrected chi connectivity index (χ3v) is 3.25. The average molecular weight is 306 g/mol. The Labute approximate surface area is 125 Å². The van der Waals surface area contributed by atoms with Crippen molar-refractivity contribution in [3.63, 3.8) is 0 Å². The second kappa shape index (κ2) is 6.13. The van der Waals surface area contributed by atoms with Gasteiger partial charge in [-0.15, -0.1) is 0 Å². The smallest absolute Gasteiger partial charge is 0.294 e. The number of hydrogen-bond acceptors (Lipinski definition) is 2. The lowest BCUT2D eigenvalue weighted by molar-refractivity contribution is -0.137. The van der Waals surface area contributed by atoms with Crippen molar-refractivity contribution in [3.8, 4) is 0 Å². The highest BCUT2D eigenvalue weighted by Gasteiger charge is 2.30. The molecule has 2 nitrogen and oxygen atoms in total. The molecule has 0 atom stereocenters. The summed E-state index contributed by atoms with van der Waals surface area (Å²) < 4.78 is 37.5. The van der Waals surface area contributed by atoms with Crippen molar-refractivity contribution in [2.45, 2.75) is 19.5 Å². The van der Waals surface area contributed by atoms with Gasteiger partial charge in [0.1, 0.15) is 0 Å². The normalized spacial score (nSPS) is 11.3. The summed E-state index contributed by atoms with van der Waals surface area (Å²) in [6, 6.07) is 10.8. The van der Waals surface area contributed by atoms with E-state index in [0.717, 1.165) is 12.1 Å². The number of rotatable bonds is 4. The lowest BCUT2D eigenvalue weighted by Gasteiger charge is -2.08. The maximum absolute atomic E-state index is 12.5. The number of carbonyl (C=O) groups is 2. The van der Waals surface area contributed by atoms with E-state index in [9.17, 15) is 22.8 Å². The van der Waals surface area contributed by atoms with E-state index in [4.69, 9.17) is 0 Å². The van der Waals surface area contributed by atoms with E-state index in [1.807, 2.05) is 0 Å². The topological polar surface area (TPSA) is 34.1 Å². The molecular formula is C17H13F3O2. The number of ketones is 2. The summed E-state index contributed by atoms with van der Waals surface area (Å²) in [7, 11) is 0. The summed E-state index contributed by atoms with van der Waals surface area (Å²) in [4.78, 5) is 23.7.